The highest BCUT2D eigenvalue weighted by atomic mass is 32.1. The first-order valence-corrected chi connectivity index (χ1v) is 10.6. The molecule has 1 N–H and O–H groups in total. The van der Waals surface area contributed by atoms with Crippen molar-refractivity contribution in [2.24, 2.45) is 0 Å². The average molecular weight is 429 g/mol. The van der Waals surface area contributed by atoms with E-state index in [4.69, 9.17) is 9.47 Å². The number of nitriles is 1. The summed E-state index contributed by atoms with van der Waals surface area (Å²) in [5, 5.41) is 20.0. The first-order valence-electron chi connectivity index (χ1n) is 9.74. The smallest absolute Gasteiger partial charge is 0.348 e. The Bertz CT molecular complexity index is 1050. The van der Waals surface area contributed by atoms with Gasteiger partial charge >= 0.3 is 11.9 Å². The Morgan fingerprint density at radius 1 is 1.30 bits per heavy atom. The van der Waals surface area contributed by atoms with Crippen molar-refractivity contribution >= 4 is 29.4 Å². The highest BCUT2D eigenvalue weighted by Gasteiger charge is 2.27. The van der Waals surface area contributed by atoms with Crippen molar-refractivity contribution in [3.05, 3.63) is 44.6 Å². The molecule has 0 bridgehead atoms. The second-order valence-electron chi connectivity index (χ2n) is 7.16. The van der Waals surface area contributed by atoms with Crippen LogP contribution in [-0.2, 0) is 27.1 Å². The number of carboxylic acids is 1. The van der Waals surface area contributed by atoms with Crippen molar-refractivity contribution in [3.63, 3.8) is 0 Å². The number of ether oxygens (including phenoxy) is 2. The molecule has 0 saturated carbocycles. The third-order valence-electron chi connectivity index (χ3n) is 5.20. The van der Waals surface area contributed by atoms with Crippen LogP contribution in [0.3, 0.4) is 0 Å². The van der Waals surface area contributed by atoms with Gasteiger partial charge in [-0.1, -0.05) is 0 Å². The molecule has 0 aliphatic heterocycles. The summed E-state index contributed by atoms with van der Waals surface area (Å²) in [5.41, 5.74) is 3.48. The van der Waals surface area contributed by atoms with Gasteiger partial charge in [0.2, 0.25) is 0 Å². The van der Waals surface area contributed by atoms with Gasteiger partial charge in [-0.25, -0.2) is 9.59 Å². The number of rotatable bonds is 7. The lowest BCUT2D eigenvalue weighted by Crippen LogP contribution is -2.11. The number of carbonyl (C=O) groups excluding carboxylic acids is 1. The molecule has 2 aromatic heterocycles. The first-order chi connectivity index (χ1) is 14.4. The number of nitrogens with zero attached hydrogens (tertiary/aromatic N) is 2. The highest BCUT2D eigenvalue weighted by molar-refractivity contribution is 7.15. The number of methoxy groups -OCH3 is 1. The van der Waals surface area contributed by atoms with E-state index >= 15 is 0 Å². The summed E-state index contributed by atoms with van der Waals surface area (Å²) in [5.74, 6) is -1.63. The topological polar surface area (TPSA) is 102 Å². The fraction of sp³-hybridized carbons (Fsp3) is 0.409. The normalized spacial score (nSPS) is 13.6. The molecule has 0 atom stereocenters. The minimum atomic E-state index is -0.923. The van der Waals surface area contributed by atoms with Crippen LogP contribution in [0.15, 0.2) is 11.6 Å². The van der Waals surface area contributed by atoms with Gasteiger partial charge in [0.05, 0.1) is 12.2 Å². The number of carbonyl (C=O) groups is 2. The SMILES string of the molecule is COCCOC(=O)C(C#N)=Cc1cc(C)n(-c2sc3c(c2C(=O)O)CCCC3)c1C. The van der Waals surface area contributed by atoms with E-state index < -0.39 is 11.9 Å². The minimum Gasteiger partial charge on any atom is -0.478 e. The van der Waals surface area contributed by atoms with Crippen LogP contribution in [0.2, 0.25) is 0 Å². The Labute approximate surface area is 179 Å². The number of aromatic carboxylic acids is 1. The average Bonchev–Trinajstić information content (AvgIpc) is 3.22. The van der Waals surface area contributed by atoms with Gasteiger partial charge in [0, 0.05) is 23.4 Å². The van der Waals surface area contributed by atoms with Crippen LogP contribution >= 0.6 is 11.3 Å². The van der Waals surface area contributed by atoms with Crippen molar-refractivity contribution in [2.45, 2.75) is 39.5 Å². The quantitative estimate of drug-likeness (QED) is 0.311. The highest BCUT2D eigenvalue weighted by Crippen LogP contribution is 2.38. The number of carboxylic acid groups (broad SMARTS) is 1. The molecule has 7 nitrogen and oxygen atoms in total. The van der Waals surface area contributed by atoms with Crippen molar-refractivity contribution in [1.29, 1.82) is 5.26 Å². The van der Waals surface area contributed by atoms with Crippen molar-refractivity contribution in [1.82, 2.24) is 4.57 Å². The molecule has 158 valence electrons. The van der Waals surface area contributed by atoms with E-state index in [1.54, 1.807) is 0 Å². The summed E-state index contributed by atoms with van der Waals surface area (Å²) in [6, 6.07) is 3.73. The number of hydrogen-bond donors (Lipinski definition) is 1. The summed E-state index contributed by atoms with van der Waals surface area (Å²) in [6.45, 7) is 4.06. The summed E-state index contributed by atoms with van der Waals surface area (Å²) in [6.07, 6.45) is 5.24. The molecule has 0 fully saturated rings. The fourth-order valence-corrected chi connectivity index (χ4v) is 5.26. The Morgan fingerprint density at radius 2 is 2.03 bits per heavy atom. The molecular formula is C22H24N2O5S. The van der Waals surface area contributed by atoms with E-state index in [9.17, 15) is 20.0 Å². The number of aryl methyl sites for hydroxylation is 2. The van der Waals surface area contributed by atoms with Gasteiger partial charge in [0.1, 0.15) is 23.3 Å². The maximum atomic E-state index is 12.2. The van der Waals surface area contributed by atoms with E-state index in [1.165, 1.54) is 24.5 Å². The van der Waals surface area contributed by atoms with Crippen molar-refractivity contribution in [3.8, 4) is 11.1 Å². The van der Waals surface area contributed by atoms with Crippen LogP contribution in [0.1, 0.15) is 50.6 Å². The summed E-state index contributed by atoms with van der Waals surface area (Å²) >= 11 is 1.52. The molecule has 0 saturated heterocycles. The van der Waals surface area contributed by atoms with Gasteiger partial charge in [-0.15, -0.1) is 11.3 Å². The van der Waals surface area contributed by atoms with Crippen LogP contribution in [-0.4, -0.2) is 41.9 Å². The number of aromatic nitrogens is 1. The van der Waals surface area contributed by atoms with E-state index in [-0.39, 0.29) is 18.8 Å². The summed E-state index contributed by atoms with van der Waals surface area (Å²) in [7, 11) is 1.50. The zero-order valence-electron chi connectivity index (χ0n) is 17.3. The van der Waals surface area contributed by atoms with Gasteiger partial charge in [-0.2, -0.15) is 5.26 Å². The largest absolute Gasteiger partial charge is 0.478 e. The Kier molecular flexibility index (Phi) is 6.75. The summed E-state index contributed by atoms with van der Waals surface area (Å²) < 4.78 is 11.8. The molecule has 8 heteroatoms. The van der Waals surface area contributed by atoms with Crippen LogP contribution in [0.5, 0.6) is 0 Å². The molecule has 0 aromatic carbocycles. The molecule has 0 amide bonds. The maximum absolute atomic E-state index is 12.2. The molecule has 2 aromatic rings. The van der Waals surface area contributed by atoms with Crippen LogP contribution < -0.4 is 0 Å². The first kappa shape index (κ1) is 21.8. The molecule has 0 unspecified atom stereocenters. The van der Waals surface area contributed by atoms with E-state index in [0.29, 0.717) is 16.1 Å². The molecule has 0 radical (unpaired) electrons. The minimum absolute atomic E-state index is 0.0656. The maximum Gasteiger partial charge on any atom is 0.348 e. The fourth-order valence-electron chi connectivity index (χ4n) is 3.76. The summed E-state index contributed by atoms with van der Waals surface area (Å²) in [4.78, 5) is 25.4. The Morgan fingerprint density at radius 3 is 2.70 bits per heavy atom. The van der Waals surface area contributed by atoms with E-state index in [0.717, 1.165) is 47.5 Å². The molecule has 2 heterocycles. The number of hydrogen-bond acceptors (Lipinski definition) is 6. The zero-order chi connectivity index (χ0) is 21.8. The number of thiophene rings is 1. The van der Waals surface area contributed by atoms with Gasteiger partial charge in [-0.05, 0) is 62.8 Å². The van der Waals surface area contributed by atoms with Gasteiger partial charge in [0.15, 0.2) is 0 Å². The lowest BCUT2D eigenvalue weighted by molar-refractivity contribution is -0.139. The molecule has 1 aliphatic rings. The molecule has 30 heavy (non-hydrogen) atoms. The van der Waals surface area contributed by atoms with Gasteiger partial charge in [0.25, 0.3) is 0 Å². The molecular weight excluding hydrogens is 404 g/mol. The predicted octanol–water partition coefficient (Wildman–Crippen LogP) is 3.83. The van der Waals surface area contributed by atoms with E-state index in [1.807, 2.05) is 30.6 Å². The molecule has 1 aliphatic carbocycles. The van der Waals surface area contributed by atoms with Gasteiger partial charge in [-0.3, -0.25) is 0 Å². The van der Waals surface area contributed by atoms with E-state index in [2.05, 4.69) is 0 Å². The Balaban J connectivity index is 2.03. The lowest BCUT2D eigenvalue weighted by Gasteiger charge is -2.11. The second-order valence-corrected chi connectivity index (χ2v) is 8.24. The van der Waals surface area contributed by atoms with Crippen molar-refractivity contribution < 1.29 is 24.2 Å². The monoisotopic (exact) mass is 428 g/mol. The molecule has 3 rings (SSSR count). The van der Waals surface area contributed by atoms with Crippen LogP contribution in [0.25, 0.3) is 11.1 Å². The number of esters is 1. The van der Waals surface area contributed by atoms with Gasteiger partial charge < -0.3 is 19.1 Å². The standard InChI is InChI=1S/C22H24N2O5S/c1-13-10-15(11-16(12-23)22(27)29-9-8-28-3)14(2)24(13)20-19(21(25)26)17-6-4-5-7-18(17)30-20/h10-11H,4-9H2,1-3H3,(H,25,26). The molecule has 0 spiro atoms. The third kappa shape index (κ3) is 4.18. The Hall–Kier alpha value is -2.89. The number of fused-ring (bicyclic) bond motifs is 1. The van der Waals surface area contributed by atoms with Crippen LogP contribution in [0, 0.1) is 25.2 Å². The second kappa shape index (κ2) is 9.28. The van der Waals surface area contributed by atoms with Crippen LogP contribution in [0.4, 0.5) is 0 Å². The zero-order valence-corrected chi connectivity index (χ0v) is 18.1. The lowest BCUT2D eigenvalue weighted by atomic mass is 9.95. The van der Waals surface area contributed by atoms with Crippen molar-refractivity contribution in [2.75, 3.05) is 20.3 Å². The third-order valence-corrected chi connectivity index (χ3v) is 6.48. The predicted molar refractivity (Wildman–Crippen MR) is 113 cm³/mol.